The summed E-state index contributed by atoms with van der Waals surface area (Å²) in [6.45, 7) is 6.07. The summed E-state index contributed by atoms with van der Waals surface area (Å²) in [6, 6.07) is 0. The van der Waals surface area contributed by atoms with Gasteiger partial charge in [0, 0.05) is 19.4 Å². The summed E-state index contributed by atoms with van der Waals surface area (Å²) in [7, 11) is 1.71. The van der Waals surface area contributed by atoms with Gasteiger partial charge in [-0.05, 0) is 7.05 Å². The van der Waals surface area contributed by atoms with E-state index in [9.17, 15) is 13.6 Å². The third kappa shape index (κ3) is 11.2. The van der Waals surface area contributed by atoms with Gasteiger partial charge in [-0.2, -0.15) is 0 Å². The van der Waals surface area contributed by atoms with Gasteiger partial charge in [0.25, 0.3) is 5.92 Å². The van der Waals surface area contributed by atoms with Crippen LogP contribution in [0, 0.1) is 0 Å². The molecule has 0 unspecified atom stereocenters. The van der Waals surface area contributed by atoms with Gasteiger partial charge in [-0.3, -0.25) is 4.79 Å². The Morgan fingerprint density at radius 1 is 1.47 bits per heavy atom. The molecule has 92 valence electrons. The van der Waals surface area contributed by atoms with Crippen molar-refractivity contribution >= 4 is 5.97 Å². The fourth-order valence-electron chi connectivity index (χ4n) is 0.907. The van der Waals surface area contributed by atoms with Crippen LogP contribution in [0.5, 0.6) is 0 Å². The summed E-state index contributed by atoms with van der Waals surface area (Å²) in [6.07, 6.45) is 0.253. The van der Waals surface area contributed by atoms with Crippen molar-refractivity contribution in [2.45, 2.75) is 39.5 Å². The van der Waals surface area contributed by atoms with Crippen molar-refractivity contribution in [3.8, 4) is 0 Å². The Morgan fingerprint density at radius 3 is 1.93 bits per heavy atom. The average molecular weight is 225 g/mol. The maximum Gasteiger partial charge on any atom is 0.303 e. The molecule has 0 radical (unpaired) electrons. The van der Waals surface area contributed by atoms with Crippen LogP contribution in [0.15, 0.2) is 0 Å². The van der Waals surface area contributed by atoms with E-state index in [-0.39, 0.29) is 19.4 Å². The quantitative estimate of drug-likeness (QED) is 0.745. The molecule has 1 fully saturated rings. The molecule has 0 spiro atoms. The topological polar surface area (TPSA) is 40.5 Å². The van der Waals surface area contributed by atoms with Crippen LogP contribution in [0.4, 0.5) is 8.78 Å². The molecule has 1 N–H and O–H groups in total. The Balaban J connectivity index is 0. The van der Waals surface area contributed by atoms with Crippen LogP contribution in [0.3, 0.4) is 0 Å². The maximum atomic E-state index is 12.2. The largest absolute Gasteiger partial charge is 0.481 e. The molecule has 0 aromatic rings. The third-order valence-electron chi connectivity index (χ3n) is 1.66. The predicted molar refractivity (Wildman–Crippen MR) is 56.3 cm³/mol. The number of carboxylic acids is 1. The van der Waals surface area contributed by atoms with E-state index in [4.69, 9.17) is 5.11 Å². The van der Waals surface area contributed by atoms with Crippen LogP contribution in [-0.4, -0.2) is 42.0 Å². The lowest BCUT2D eigenvalue weighted by Crippen LogP contribution is -2.21. The van der Waals surface area contributed by atoms with E-state index < -0.39 is 11.9 Å². The van der Waals surface area contributed by atoms with Gasteiger partial charge in [0.1, 0.15) is 0 Å². The lowest BCUT2D eigenvalue weighted by Gasteiger charge is -2.06. The van der Waals surface area contributed by atoms with E-state index in [1.165, 1.54) is 0 Å². The molecule has 15 heavy (non-hydrogen) atoms. The molecule has 0 aliphatic carbocycles. The van der Waals surface area contributed by atoms with E-state index in [2.05, 4.69) is 0 Å². The Morgan fingerprint density at radius 2 is 1.87 bits per heavy atom. The minimum absolute atomic E-state index is 0.0312. The first-order chi connectivity index (χ1) is 6.87. The van der Waals surface area contributed by atoms with Crippen molar-refractivity contribution in [1.29, 1.82) is 0 Å². The second-order valence-corrected chi connectivity index (χ2v) is 3.09. The molecular weight excluding hydrogens is 204 g/mol. The number of likely N-dealkylation sites (tertiary alicyclic amines) is 1. The summed E-state index contributed by atoms with van der Waals surface area (Å²) < 4.78 is 24.3. The number of rotatable bonds is 1. The van der Waals surface area contributed by atoms with Crippen molar-refractivity contribution in [1.82, 2.24) is 4.90 Å². The van der Waals surface area contributed by atoms with Gasteiger partial charge in [-0.1, -0.05) is 20.8 Å². The minimum atomic E-state index is -2.41. The predicted octanol–water partition coefficient (Wildman–Crippen LogP) is 2.46. The minimum Gasteiger partial charge on any atom is -0.481 e. The zero-order valence-corrected chi connectivity index (χ0v) is 9.89. The third-order valence-corrected chi connectivity index (χ3v) is 1.66. The number of carboxylic acid groups (broad SMARTS) is 1. The molecule has 5 heteroatoms. The number of halogens is 2. The monoisotopic (exact) mass is 225 g/mol. The van der Waals surface area contributed by atoms with E-state index in [1.54, 1.807) is 18.9 Å². The Hall–Kier alpha value is -0.710. The number of aliphatic carboxylic acids is 1. The second kappa shape index (κ2) is 8.59. The number of alkyl halides is 2. The molecule has 0 aromatic carbocycles. The highest BCUT2D eigenvalue weighted by Gasteiger charge is 2.35. The normalized spacial score (nSPS) is 18.3. The lowest BCUT2D eigenvalue weighted by molar-refractivity contribution is -0.136. The summed E-state index contributed by atoms with van der Waals surface area (Å²) in [5.74, 6) is -3.15. The van der Waals surface area contributed by atoms with Crippen LogP contribution >= 0.6 is 0 Å². The summed E-state index contributed by atoms with van der Waals surface area (Å²) in [4.78, 5) is 11.0. The molecular formula is C10H21F2NO2. The van der Waals surface area contributed by atoms with Gasteiger partial charge in [0.2, 0.25) is 0 Å². The van der Waals surface area contributed by atoms with Gasteiger partial charge in [0.15, 0.2) is 0 Å². The smallest absolute Gasteiger partial charge is 0.303 e. The lowest BCUT2D eigenvalue weighted by atomic mass is 10.3. The molecule has 1 rings (SSSR count). The molecule has 1 saturated heterocycles. The standard InChI is InChI=1S/C5H9F2N.C3H6O2.C2H6/c1-8-3-2-5(6,7)4-8;1-2-3(4)5;1-2/h2-4H2,1H3;2H2,1H3,(H,4,5);1-2H3. The van der Waals surface area contributed by atoms with E-state index in [0.29, 0.717) is 6.54 Å². The van der Waals surface area contributed by atoms with Crippen molar-refractivity contribution in [2.24, 2.45) is 0 Å². The van der Waals surface area contributed by atoms with Crippen LogP contribution in [-0.2, 0) is 4.79 Å². The number of nitrogens with zero attached hydrogens (tertiary/aromatic N) is 1. The zero-order valence-electron chi connectivity index (χ0n) is 9.89. The fourth-order valence-corrected chi connectivity index (χ4v) is 0.907. The number of hydrogen-bond acceptors (Lipinski definition) is 2. The van der Waals surface area contributed by atoms with Gasteiger partial charge in [-0.15, -0.1) is 0 Å². The van der Waals surface area contributed by atoms with Crippen LogP contribution < -0.4 is 0 Å². The van der Waals surface area contributed by atoms with E-state index >= 15 is 0 Å². The van der Waals surface area contributed by atoms with E-state index in [0.717, 1.165) is 0 Å². The Kier molecular flexibility index (Phi) is 9.57. The van der Waals surface area contributed by atoms with Crippen molar-refractivity contribution in [3.05, 3.63) is 0 Å². The Bertz CT molecular complexity index is 175. The van der Waals surface area contributed by atoms with Crippen molar-refractivity contribution < 1.29 is 18.7 Å². The van der Waals surface area contributed by atoms with Crippen LogP contribution in [0.25, 0.3) is 0 Å². The molecule has 0 atom stereocenters. The first-order valence-electron chi connectivity index (χ1n) is 5.15. The van der Waals surface area contributed by atoms with Crippen molar-refractivity contribution in [2.75, 3.05) is 20.1 Å². The summed E-state index contributed by atoms with van der Waals surface area (Å²) >= 11 is 0. The fraction of sp³-hybridized carbons (Fsp3) is 0.900. The molecule has 0 amide bonds. The molecule has 1 aliphatic heterocycles. The number of hydrogen-bond donors (Lipinski definition) is 1. The molecule has 0 bridgehead atoms. The van der Waals surface area contributed by atoms with E-state index in [1.807, 2.05) is 13.8 Å². The summed E-state index contributed by atoms with van der Waals surface area (Å²) in [5.41, 5.74) is 0. The van der Waals surface area contributed by atoms with Crippen LogP contribution in [0.2, 0.25) is 0 Å². The zero-order chi connectivity index (χ0) is 12.5. The molecule has 1 aliphatic rings. The second-order valence-electron chi connectivity index (χ2n) is 3.09. The van der Waals surface area contributed by atoms with Crippen LogP contribution in [0.1, 0.15) is 33.6 Å². The van der Waals surface area contributed by atoms with Gasteiger partial charge < -0.3 is 10.0 Å². The summed E-state index contributed by atoms with van der Waals surface area (Å²) in [5, 5.41) is 7.72. The highest BCUT2D eigenvalue weighted by Crippen LogP contribution is 2.24. The first-order valence-corrected chi connectivity index (χ1v) is 5.15. The van der Waals surface area contributed by atoms with Gasteiger partial charge in [-0.25, -0.2) is 8.78 Å². The first kappa shape index (κ1) is 16.7. The van der Waals surface area contributed by atoms with Gasteiger partial charge >= 0.3 is 5.97 Å². The molecule has 3 nitrogen and oxygen atoms in total. The maximum absolute atomic E-state index is 12.2. The highest BCUT2D eigenvalue weighted by atomic mass is 19.3. The Labute approximate surface area is 90.1 Å². The molecule has 1 heterocycles. The average Bonchev–Trinajstić information content (AvgIpc) is 2.48. The highest BCUT2D eigenvalue weighted by molar-refractivity contribution is 5.66. The molecule has 0 saturated carbocycles. The van der Waals surface area contributed by atoms with Gasteiger partial charge in [0.05, 0.1) is 6.54 Å². The number of carbonyl (C=O) groups is 1. The molecule has 0 aromatic heterocycles. The SMILES string of the molecule is CC.CCC(=O)O.CN1CCC(F)(F)C1. The van der Waals surface area contributed by atoms with Crippen molar-refractivity contribution in [3.63, 3.8) is 0 Å².